The van der Waals surface area contributed by atoms with Gasteiger partial charge in [-0.15, -0.1) is 11.3 Å². The van der Waals surface area contributed by atoms with Gasteiger partial charge in [0.15, 0.2) is 16.8 Å². The molecule has 2 heterocycles. The molecule has 3 aromatic rings. The first-order chi connectivity index (χ1) is 12.9. The van der Waals surface area contributed by atoms with Crippen molar-refractivity contribution in [2.24, 2.45) is 0 Å². The molecule has 0 saturated heterocycles. The molecule has 0 atom stereocenters. The molecule has 10 heteroatoms. The number of rotatable bonds is 5. The highest BCUT2D eigenvalue weighted by atomic mass is 32.1. The lowest BCUT2D eigenvalue weighted by Gasteiger charge is -2.04. The van der Waals surface area contributed by atoms with Gasteiger partial charge < -0.3 is 10.3 Å². The lowest BCUT2D eigenvalue weighted by Crippen LogP contribution is -2.16. The zero-order chi connectivity index (χ0) is 19.4. The lowest BCUT2D eigenvalue weighted by atomic mass is 10.2. The summed E-state index contributed by atoms with van der Waals surface area (Å²) in [5, 5.41) is 6.87. The standard InChI is InChI=1S/C17H12F2N4O3S/c18-12-3-2-10(5-13(12)19)21-15(25)6-11-8-27-17(22-11)23-16(26)9-1-4-14(24)20-7-9/h1-5,7-8H,6H2,(H,20,24)(H,21,25)(H,22,23,26). The van der Waals surface area contributed by atoms with Gasteiger partial charge in [-0.3, -0.25) is 19.7 Å². The number of anilines is 2. The van der Waals surface area contributed by atoms with Gasteiger partial charge in [-0.2, -0.15) is 0 Å². The van der Waals surface area contributed by atoms with Crippen molar-refractivity contribution in [2.75, 3.05) is 10.6 Å². The van der Waals surface area contributed by atoms with Crippen molar-refractivity contribution < 1.29 is 18.4 Å². The molecule has 2 amide bonds. The molecule has 0 spiro atoms. The second kappa shape index (κ2) is 7.87. The van der Waals surface area contributed by atoms with Gasteiger partial charge in [0.05, 0.1) is 17.7 Å². The summed E-state index contributed by atoms with van der Waals surface area (Å²) >= 11 is 1.12. The van der Waals surface area contributed by atoms with Crippen molar-refractivity contribution in [3.05, 3.63) is 75.2 Å². The molecule has 2 aromatic heterocycles. The highest BCUT2D eigenvalue weighted by Gasteiger charge is 2.12. The Kier molecular flexibility index (Phi) is 5.36. The Morgan fingerprint density at radius 3 is 2.63 bits per heavy atom. The first-order valence-electron chi connectivity index (χ1n) is 7.60. The van der Waals surface area contributed by atoms with Crippen LogP contribution < -0.4 is 16.2 Å². The van der Waals surface area contributed by atoms with E-state index in [-0.39, 0.29) is 28.4 Å². The average Bonchev–Trinajstić information content (AvgIpc) is 3.05. The summed E-state index contributed by atoms with van der Waals surface area (Å²) in [5.41, 5.74) is 0.454. The zero-order valence-electron chi connectivity index (χ0n) is 13.6. The van der Waals surface area contributed by atoms with Crippen LogP contribution in [0.5, 0.6) is 0 Å². The number of aromatic amines is 1. The van der Waals surface area contributed by atoms with Crippen molar-refractivity contribution in [3.8, 4) is 0 Å². The number of H-pyrrole nitrogens is 1. The molecule has 0 radical (unpaired) electrons. The maximum atomic E-state index is 13.1. The molecule has 0 aliphatic heterocycles. The third-order valence-corrected chi connectivity index (χ3v) is 4.17. The molecule has 138 valence electrons. The van der Waals surface area contributed by atoms with E-state index in [9.17, 15) is 23.2 Å². The monoisotopic (exact) mass is 390 g/mol. The highest BCUT2D eigenvalue weighted by Crippen LogP contribution is 2.18. The quantitative estimate of drug-likeness (QED) is 0.623. The number of halogens is 2. The van der Waals surface area contributed by atoms with E-state index < -0.39 is 23.4 Å². The molecule has 3 rings (SSSR count). The van der Waals surface area contributed by atoms with Crippen LogP contribution in [-0.2, 0) is 11.2 Å². The van der Waals surface area contributed by atoms with Gasteiger partial charge in [0.25, 0.3) is 5.91 Å². The van der Waals surface area contributed by atoms with Crippen LogP contribution in [-0.4, -0.2) is 21.8 Å². The van der Waals surface area contributed by atoms with E-state index in [0.717, 1.165) is 23.5 Å². The van der Waals surface area contributed by atoms with Crippen LogP contribution in [0.3, 0.4) is 0 Å². The molecular formula is C17H12F2N4O3S. The summed E-state index contributed by atoms with van der Waals surface area (Å²) < 4.78 is 26.0. The van der Waals surface area contributed by atoms with Crippen molar-refractivity contribution in [1.82, 2.24) is 9.97 Å². The molecule has 1 aromatic carbocycles. The van der Waals surface area contributed by atoms with Crippen molar-refractivity contribution in [1.29, 1.82) is 0 Å². The summed E-state index contributed by atoms with van der Waals surface area (Å²) in [6.07, 6.45) is 1.17. The van der Waals surface area contributed by atoms with E-state index in [1.165, 1.54) is 24.4 Å². The normalized spacial score (nSPS) is 10.4. The number of pyridine rings is 1. The number of thiazole rings is 1. The maximum Gasteiger partial charge on any atom is 0.258 e. The largest absolute Gasteiger partial charge is 0.328 e. The summed E-state index contributed by atoms with van der Waals surface area (Å²) in [6.45, 7) is 0. The number of amides is 2. The molecular weight excluding hydrogens is 378 g/mol. The molecule has 0 aliphatic rings. The molecule has 0 unspecified atom stereocenters. The average molecular weight is 390 g/mol. The van der Waals surface area contributed by atoms with Crippen LogP contribution in [0.4, 0.5) is 19.6 Å². The minimum atomic E-state index is -1.06. The Labute approximate surface area is 155 Å². The Morgan fingerprint density at radius 1 is 1.11 bits per heavy atom. The number of nitrogens with zero attached hydrogens (tertiary/aromatic N) is 1. The number of hydrogen-bond acceptors (Lipinski definition) is 5. The second-order valence-electron chi connectivity index (χ2n) is 5.39. The fraction of sp³-hybridized carbons (Fsp3) is 0.0588. The molecule has 0 saturated carbocycles. The molecule has 3 N–H and O–H groups in total. The fourth-order valence-corrected chi connectivity index (χ4v) is 2.82. The summed E-state index contributed by atoms with van der Waals surface area (Å²) in [6, 6.07) is 5.64. The minimum Gasteiger partial charge on any atom is -0.328 e. The van der Waals surface area contributed by atoms with E-state index in [1.807, 2.05) is 0 Å². The van der Waals surface area contributed by atoms with Crippen LogP contribution in [0.2, 0.25) is 0 Å². The molecule has 0 fully saturated rings. The summed E-state index contributed by atoms with van der Waals surface area (Å²) in [7, 11) is 0. The molecule has 0 aliphatic carbocycles. The first-order valence-corrected chi connectivity index (χ1v) is 8.48. The summed E-state index contributed by atoms with van der Waals surface area (Å²) in [5.74, 6) is -2.99. The van der Waals surface area contributed by atoms with E-state index in [0.29, 0.717) is 5.69 Å². The number of aromatic nitrogens is 2. The first kappa shape index (κ1) is 18.4. The predicted octanol–water partition coefficient (Wildman–Crippen LogP) is 2.54. The van der Waals surface area contributed by atoms with Crippen LogP contribution in [0.25, 0.3) is 0 Å². The van der Waals surface area contributed by atoms with Crippen LogP contribution in [0.15, 0.2) is 46.7 Å². The van der Waals surface area contributed by atoms with Gasteiger partial charge in [0, 0.05) is 29.4 Å². The van der Waals surface area contributed by atoms with E-state index >= 15 is 0 Å². The minimum absolute atomic E-state index is 0.107. The topological polar surface area (TPSA) is 104 Å². The van der Waals surface area contributed by atoms with Gasteiger partial charge >= 0.3 is 0 Å². The number of nitrogens with one attached hydrogen (secondary N) is 3. The Balaban J connectivity index is 1.59. The molecule has 7 nitrogen and oxygen atoms in total. The Hall–Kier alpha value is -3.40. The molecule has 0 bridgehead atoms. The van der Waals surface area contributed by atoms with Crippen LogP contribution in [0, 0.1) is 11.6 Å². The zero-order valence-corrected chi connectivity index (χ0v) is 14.4. The van der Waals surface area contributed by atoms with E-state index in [1.54, 1.807) is 5.38 Å². The third-order valence-electron chi connectivity index (χ3n) is 3.36. The van der Waals surface area contributed by atoms with Crippen molar-refractivity contribution in [2.45, 2.75) is 6.42 Å². The van der Waals surface area contributed by atoms with Gasteiger partial charge in [-0.1, -0.05) is 0 Å². The van der Waals surface area contributed by atoms with E-state index in [4.69, 9.17) is 0 Å². The van der Waals surface area contributed by atoms with Gasteiger partial charge in [-0.25, -0.2) is 13.8 Å². The van der Waals surface area contributed by atoms with Crippen molar-refractivity contribution in [3.63, 3.8) is 0 Å². The second-order valence-corrected chi connectivity index (χ2v) is 6.25. The van der Waals surface area contributed by atoms with E-state index in [2.05, 4.69) is 20.6 Å². The Bertz CT molecular complexity index is 1040. The van der Waals surface area contributed by atoms with Crippen molar-refractivity contribution >= 4 is 34.0 Å². The molecule has 27 heavy (non-hydrogen) atoms. The third kappa shape index (κ3) is 4.82. The number of benzene rings is 1. The van der Waals surface area contributed by atoms with Gasteiger partial charge in [0.2, 0.25) is 11.5 Å². The Morgan fingerprint density at radius 2 is 1.93 bits per heavy atom. The van der Waals surface area contributed by atoms with Crippen LogP contribution >= 0.6 is 11.3 Å². The van der Waals surface area contributed by atoms with Gasteiger partial charge in [-0.05, 0) is 18.2 Å². The number of carbonyl (C=O) groups excluding carboxylic acids is 2. The summed E-state index contributed by atoms with van der Waals surface area (Å²) in [4.78, 5) is 41.5. The smallest absolute Gasteiger partial charge is 0.258 e. The lowest BCUT2D eigenvalue weighted by molar-refractivity contribution is -0.115. The maximum absolute atomic E-state index is 13.1. The number of carbonyl (C=O) groups is 2. The fourth-order valence-electron chi connectivity index (χ4n) is 2.11. The highest BCUT2D eigenvalue weighted by molar-refractivity contribution is 7.14. The van der Waals surface area contributed by atoms with Crippen LogP contribution in [0.1, 0.15) is 16.1 Å². The predicted molar refractivity (Wildman–Crippen MR) is 95.8 cm³/mol. The van der Waals surface area contributed by atoms with Gasteiger partial charge in [0.1, 0.15) is 0 Å². The SMILES string of the molecule is O=C(Cc1csc(NC(=O)c2ccc(=O)[nH]c2)n1)Nc1ccc(F)c(F)c1. The number of hydrogen-bond donors (Lipinski definition) is 3.